The third kappa shape index (κ3) is 3.52. The minimum absolute atomic E-state index is 0.114. The van der Waals surface area contributed by atoms with Crippen molar-refractivity contribution in [2.75, 3.05) is 13.0 Å². The molecule has 6 heteroatoms. The van der Waals surface area contributed by atoms with E-state index in [4.69, 9.17) is 27.9 Å². The van der Waals surface area contributed by atoms with E-state index in [1.165, 1.54) is 19.2 Å². The first-order valence-corrected chi connectivity index (χ1v) is 5.58. The molecular formula is C11H9Cl2NO3. The maximum Gasteiger partial charge on any atom is 0.312 e. The van der Waals surface area contributed by atoms with Crippen molar-refractivity contribution in [3.8, 4) is 17.6 Å². The van der Waals surface area contributed by atoms with E-state index in [0.29, 0.717) is 22.9 Å². The van der Waals surface area contributed by atoms with Gasteiger partial charge >= 0.3 is 5.69 Å². The molecule has 0 saturated heterocycles. The van der Waals surface area contributed by atoms with Crippen molar-refractivity contribution in [3.63, 3.8) is 0 Å². The Balaban J connectivity index is 3.21. The molecule has 0 amide bonds. The molecule has 0 aliphatic heterocycles. The number of nitro benzene ring substituents is 1. The van der Waals surface area contributed by atoms with Gasteiger partial charge in [0.2, 0.25) is 0 Å². The number of nitrogens with zero attached hydrogens (tertiary/aromatic N) is 1. The summed E-state index contributed by atoms with van der Waals surface area (Å²) in [6.07, 6.45) is 0.498. The van der Waals surface area contributed by atoms with Gasteiger partial charge in [-0.15, -0.1) is 11.6 Å². The highest BCUT2D eigenvalue weighted by atomic mass is 35.5. The number of benzene rings is 1. The molecule has 1 rings (SSSR count). The summed E-state index contributed by atoms with van der Waals surface area (Å²) in [4.78, 5) is 10.2. The Bertz CT molecular complexity index is 491. The molecule has 4 nitrogen and oxygen atoms in total. The van der Waals surface area contributed by atoms with Crippen LogP contribution < -0.4 is 4.74 Å². The van der Waals surface area contributed by atoms with E-state index in [1.807, 2.05) is 0 Å². The van der Waals surface area contributed by atoms with Crippen LogP contribution in [0.4, 0.5) is 5.69 Å². The Morgan fingerprint density at radius 1 is 1.53 bits per heavy atom. The monoisotopic (exact) mass is 273 g/mol. The van der Waals surface area contributed by atoms with E-state index in [9.17, 15) is 10.1 Å². The Morgan fingerprint density at radius 3 is 2.76 bits per heavy atom. The summed E-state index contributed by atoms with van der Waals surface area (Å²) in [6.45, 7) is 0. The second-order valence-electron chi connectivity index (χ2n) is 3.00. The molecule has 0 bridgehead atoms. The molecule has 1 aromatic carbocycles. The second kappa shape index (κ2) is 6.33. The molecule has 0 N–H and O–H groups in total. The molecule has 1 aromatic rings. The zero-order valence-corrected chi connectivity index (χ0v) is 10.5. The van der Waals surface area contributed by atoms with Gasteiger partial charge in [0.1, 0.15) is 0 Å². The van der Waals surface area contributed by atoms with Crippen molar-refractivity contribution >= 4 is 28.9 Å². The fourth-order valence-corrected chi connectivity index (χ4v) is 1.45. The Morgan fingerprint density at radius 2 is 2.24 bits per heavy atom. The fourth-order valence-electron chi connectivity index (χ4n) is 1.15. The molecule has 0 heterocycles. The first kappa shape index (κ1) is 13.6. The van der Waals surface area contributed by atoms with Gasteiger partial charge in [-0.2, -0.15) is 0 Å². The molecule has 0 spiro atoms. The lowest BCUT2D eigenvalue weighted by atomic mass is 10.2. The highest BCUT2D eigenvalue weighted by Crippen LogP contribution is 2.32. The lowest BCUT2D eigenvalue weighted by Gasteiger charge is -2.03. The molecule has 0 radical (unpaired) electrons. The summed E-state index contributed by atoms with van der Waals surface area (Å²) in [7, 11) is 1.34. The fraction of sp³-hybridized carbons (Fsp3) is 0.273. The van der Waals surface area contributed by atoms with Gasteiger partial charge < -0.3 is 4.74 Å². The topological polar surface area (TPSA) is 52.4 Å². The van der Waals surface area contributed by atoms with Crippen LogP contribution in [0.25, 0.3) is 0 Å². The van der Waals surface area contributed by atoms with Crippen molar-refractivity contribution in [1.29, 1.82) is 0 Å². The molecule has 0 unspecified atom stereocenters. The van der Waals surface area contributed by atoms with E-state index in [1.54, 1.807) is 0 Å². The number of hydrogen-bond acceptors (Lipinski definition) is 3. The summed E-state index contributed by atoms with van der Waals surface area (Å²) >= 11 is 11.4. The molecule has 90 valence electrons. The lowest BCUT2D eigenvalue weighted by molar-refractivity contribution is -0.385. The van der Waals surface area contributed by atoms with Crippen molar-refractivity contribution in [3.05, 3.63) is 32.8 Å². The van der Waals surface area contributed by atoms with Gasteiger partial charge in [-0.3, -0.25) is 10.1 Å². The van der Waals surface area contributed by atoms with Crippen LogP contribution in [-0.4, -0.2) is 17.9 Å². The van der Waals surface area contributed by atoms with Crippen molar-refractivity contribution < 1.29 is 9.66 Å². The molecule has 0 aliphatic carbocycles. The van der Waals surface area contributed by atoms with Crippen LogP contribution in [0.1, 0.15) is 12.0 Å². The van der Waals surface area contributed by atoms with E-state index in [-0.39, 0.29) is 11.4 Å². The van der Waals surface area contributed by atoms with Crippen LogP contribution in [0.5, 0.6) is 5.75 Å². The predicted molar refractivity (Wildman–Crippen MR) is 66.9 cm³/mol. The van der Waals surface area contributed by atoms with Crippen molar-refractivity contribution in [2.45, 2.75) is 6.42 Å². The number of alkyl halides is 1. The van der Waals surface area contributed by atoms with E-state index < -0.39 is 4.92 Å². The average Bonchev–Trinajstić information content (AvgIpc) is 2.30. The van der Waals surface area contributed by atoms with Crippen LogP contribution in [0.2, 0.25) is 5.02 Å². The lowest BCUT2D eigenvalue weighted by Crippen LogP contribution is -1.95. The quantitative estimate of drug-likeness (QED) is 0.368. The molecule has 0 fully saturated rings. The number of rotatable bonds is 3. The summed E-state index contributed by atoms with van der Waals surface area (Å²) in [5.74, 6) is 6.02. The Labute approximate surface area is 109 Å². The molecule has 0 aromatic heterocycles. The number of ether oxygens (including phenoxy) is 1. The minimum atomic E-state index is -0.540. The summed E-state index contributed by atoms with van der Waals surface area (Å²) in [5.41, 5.74) is 0.233. The number of methoxy groups -OCH3 is 1. The van der Waals surface area contributed by atoms with Crippen LogP contribution in [0.15, 0.2) is 12.1 Å². The predicted octanol–water partition coefficient (Wildman–Crippen LogP) is 3.24. The van der Waals surface area contributed by atoms with Gasteiger partial charge in [0.15, 0.2) is 5.75 Å². The summed E-state index contributed by atoms with van der Waals surface area (Å²) in [5, 5.41) is 11.1. The summed E-state index contributed by atoms with van der Waals surface area (Å²) < 4.78 is 4.87. The number of halogens is 2. The van der Waals surface area contributed by atoms with Crippen LogP contribution in [0.3, 0.4) is 0 Å². The molecule has 0 saturated carbocycles. The van der Waals surface area contributed by atoms with Crippen LogP contribution in [0, 0.1) is 22.0 Å². The largest absolute Gasteiger partial charge is 0.490 e. The highest BCUT2D eigenvalue weighted by Gasteiger charge is 2.17. The van der Waals surface area contributed by atoms with Crippen LogP contribution in [-0.2, 0) is 0 Å². The first-order valence-electron chi connectivity index (χ1n) is 4.67. The average molecular weight is 274 g/mol. The van der Waals surface area contributed by atoms with Gasteiger partial charge in [-0.25, -0.2) is 0 Å². The standard InChI is InChI=1S/C11H9Cl2NO3/c1-17-11-7-9(13)8(4-2-3-5-12)6-10(11)14(15)16/h6-7H,3,5H2,1H3. The summed E-state index contributed by atoms with van der Waals surface area (Å²) in [6, 6.07) is 2.67. The first-order chi connectivity index (χ1) is 8.10. The number of hydrogen-bond donors (Lipinski definition) is 0. The zero-order valence-electron chi connectivity index (χ0n) is 9.00. The minimum Gasteiger partial charge on any atom is -0.490 e. The smallest absolute Gasteiger partial charge is 0.312 e. The Kier molecular flexibility index (Phi) is 5.08. The number of nitro groups is 1. The maximum absolute atomic E-state index is 10.8. The third-order valence-electron chi connectivity index (χ3n) is 1.91. The maximum atomic E-state index is 10.8. The van der Waals surface area contributed by atoms with Crippen molar-refractivity contribution in [1.82, 2.24) is 0 Å². The Hall–Kier alpha value is -1.44. The van der Waals surface area contributed by atoms with Gasteiger partial charge in [0.05, 0.1) is 22.6 Å². The van der Waals surface area contributed by atoms with Gasteiger partial charge in [-0.1, -0.05) is 23.4 Å². The molecule has 0 aliphatic rings. The van der Waals surface area contributed by atoms with E-state index in [0.717, 1.165) is 0 Å². The normalized spacial score (nSPS) is 9.35. The molecule has 0 atom stereocenters. The van der Waals surface area contributed by atoms with E-state index >= 15 is 0 Å². The zero-order chi connectivity index (χ0) is 12.8. The SMILES string of the molecule is COc1cc(Cl)c(C#CCCCl)cc1[N+](=O)[O-]. The van der Waals surface area contributed by atoms with Crippen LogP contribution >= 0.6 is 23.2 Å². The second-order valence-corrected chi connectivity index (χ2v) is 3.79. The third-order valence-corrected chi connectivity index (χ3v) is 2.41. The van der Waals surface area contributed by atoms with Crippen molar-refractivity contribution in [2.24, 2.45) is 0 Å². The van der Waals surface area contributed by atoms with Gasteiger partial charge in [-0.05, 0) is 0 Å². The molecular weight excluding hydrogens is 265 g/mol. The highest BCUT2D eigenvalue weighted by molar-refractivity contribution is 6.32. The van der Waals surface area contributed by atoms with Gasteiger partial charge in [0.25, 0.3) is 0 Å². The molecule has 17 heavy (non-hydrogen) atoms. The van der Waals surface area contributed by atoms with E-state index in [2.05, 4.69) is 11.8 Å². The van der Waals surface area contributed by atoms with Gasteiger partial charge in [0, 0.05) is 24.4 Å².